The van der Waals surface area contributed by atoms with Crippen molar-refractivity contribution in [1.82, 2.24) is 19.7 Å². The number of aliphatic hydroxyl groups excluding tert-OH is 1. The van der Waals surface area contributed by atoms with E-state index in [0.29, 0.717) is 14.9 Å². The van der Waals surface area contributed by atoms with Crippen LogP contribution < -0.4 is 0 Å². The Morgan fingerprint density at radius 2 is 2.21 bits per heavy atom. The molecule has 0 amide bonds. The molecule has 0 aromatic carbocycles. The number of aromatic nitrogens is 4. The Kier molecular flexibility index (Phi) is 3.29. The van der Waals surface area contributed by atoms with E-state index in [1.54, 1.807) is 29.5 Å². The summed E-state index contributed by atoms with van der Waals surface area (Å²) < 4.78 is 2.09. The van der Waals surface area contributed by atoms with Gasteiger partial charge >= 0.3 is 0 Å². The molecule has 5 nitrogen and oxygen atoms in total. The lowest BCUT2D eigenvalue weighted by Gasteiger charge is -2.09. The van der Waals surface area contributed by atoms with Crippen LogP contribution in [0.15, 0.2) is 43.1 Å². The van der Waals surface area contributed by atoms with Gasteiger partial charge in [0.05, 0.1) is 16.8 Å². The van der Waals surface area contributed by atoms with Crippen LogP contribution in [-0.2, 0) is 0 Å². The van der Waals surface area contributed by atoms with E-state index in [1.165, 1.54) is 11.3 Å². The maximum Gasteiger partial charge on any atom is 0.183 e. The number of rotatable bonds is 3. The molecular weight excluding hydrogens is 284 g/mol. The standard InChI is InChI=1S/C12H9ClN4OS/c13-12-15-7-10(19-12)11(18)8-4-9(6-14-5-8)17-3-1-2-16-17/h1-7,11,18H. The fourth-order valence-electron chi connectivity index (χ4n) is 1.70. The molecule has 7 heteroatoms. The van der Waals surface area contributed by atoms with E-state index in [2.05, 4.69) is 15.1 Å². The van der Waals surface area contributed by atoms with E-state index in [4.69, 9.17) is 11.6 Å². The summed E-state index contributed by atoms with van der Waals surface area (Å²) in [5.74, 6) is 0. The summed E-state index contributed by atoms with van der Waals surface area (Å²) in [6.45, 7) is 0. The molecule has 19 heavy (non-hydrogen) atoms. The topological polar surface area (TPSA) is 63.8 Å². The Hall–Kier alpha value is -1.76. The van der Waals surface area contributed by atoms with Gasteiger partial charge in [-0.1, -0.05) is 11.6 Å². The van der Waals surface area contributed by atoms with Crippen molar-refractivity contribution in [3.8, 4) is 5.69 Å². The molecule has 3 aromatic heterocycles. The average Bonchev–Trinajstić information content (AvgIpc) is 3.09. The molecule has 3 rings (SSSR count). The smallest absolute Gasteiger partial charge is 0.183 e. The normalized spacial score (nSPS) is 12.5. The minimum Gasteiger partial charge on any atom is -0.383 e. The second-order valence-electron chi connectivity index (χ2n) is 3.85. The molecule has 0 bridgehead atoms. The third-order valence-corrected chi connectivity index (χ3v) is 3.76. The predicted octanol–water partition coefficient (Wildman–Crippen LogP) is 2.46. The monoisotopic (exact) mass is 292 g/mol. The highest BCUT2D eigenvalue weighted by Crippen LogP contribution is 2.29. The molecular formula is C12H9ClN4OS. The first-order valence-corrected chi connectivity index (χ1v) is 6.68. The fourth-order valence-corrected chi connectivity index (χ4v) is 2.67. The number of thiazole rings is 1. The molecule has 96 valence electrons. The predicted molar refractivity (Wildman–Crippen MR) is 72.5 cm³/mol. The zero-order chi connectivity index (χ0) is 13.2. The summed E-state index contributed by atoms with van der Waals surface area (Å²) in [6, 6.07) is 3.66. The lowest BCUT2D eigenvalue weighted by atomic mass is 10.1. The van der Waals surface area contributed by atoms with Crippen LogP contribution in [0.2, 0.25) is 4.47 Å². The van der Waals surface area contributed by atoms with Crippen molar-refractivity contribution >= 4 is 22.9 Å². The molecule has 0 aliphatic carbocycles. The molecule has 1 unspecified atom stereocenters. The van der Waals surface area contributed by atoms with Gasteiger partial charge in [-0.05, 0) is 12.1 Å². The highest BCUT2D eigenvalue weighted by molar-refractivity contribution is 7.15. The zero-order valence-electron chi connectivity index (χ0n) is 9.64. The first-order valence-electron chi connectivity index (χ1n) is 5.48. The lowest BCUT2D eigenvalue weighted by molar-refractivity contribution is 0.223. The first kappa shape index (κ1) is 12.3. The van der Waals surface area contributed by atoms with Gasteiger partial charge in [0.25, 0.3) is 0 Å². The summed E-state index contributed by atoms with van der Waals surface area (Å²) in [4.78, 5) is 8.73. The molecule has 1 atom stereocenters. The van der Waals surface area contributed by atoms with E-state index >= 15 is 0 Å². The number of halogens is 1. The molecule has 0 radical (unpaired) electrons. The van der Waals surface area contributed by atoms with Gasteiger partial charge < -0.3 is 5.11 Å². The van der Waals surface area contributed by atoms with E-state index in [9.17, 15) is 5.11 Å². The number of hydrogen-bond acceptors (Lipinski definition) is 5. The molecule has 0 aliphatic rings. The van der Waals surface area contributed by atoms with Crippen LogP contribution in [0.3, 0.4) is 0 Å². The lowest BCUT2D eigenvalue weighted by Crippen LogP contribution is -2.01. The highest BCUT2D eigenvalue weighted by Gasteiger charge is 2.15. The van der Waals surface area contributed by atoms with E-state index in [1.807, 2.05) is 18.3 Å². The number of nitrogens with zero attached hydrogens (tertiary/aromatic N) is 4. The van der Waals surface area contributed by atoms with Crippen molar-refractivity contribution in [3.05, 3.63) is 58.0 Å². The van der Waals surface area contributed by atoms with Crippen LogP contribution in [0.4, 0.5) is 0 Å². The van der Waals surface area contributed by atoms with Crippen LogP contribution in [-0.4, -0.2) is 24.9 Å². The summed E-state index contributed by atoms with van der Waals surface area (Å²) in [5, 5.41) is 14.4. The Morgan fingerprint density at radius 3 is 2.89 bits per heavy atom. The largest absolute Gasteiger partial charge is 0.383 e. The molecule has 0 saturated heterocycles. The van der Waals surface area contributed by atoms with Crippen molar-refractivity contribution in [2.24, 2.45) is 0 Å². The van der Waals surface area contributed by atoms with Gasteiger partial charge in [-0.3, -0.25) is 4.98 Å². The van der Waals surface area contributed by atoms with Crippen molar-refractivity contribution in [1.29, 1.82) is 0 Å². The molecule has 0 spiro atoms. The Bertz CT molecular complexity index is 683. The molecule has 3 heterocycles. The molecule has 0 fully saturated rings. The molecule has 1 N–H and O–H groups in total. The van der Waals surface area contributed by atoms with E-state index in [0.717, 1.165) is 5.69 Å². The Balaban J connectivity index is 1.95. The van der Waals surface area contributed by atoms with Crippen molar-refractivity contribution < 1.29 is 5.11 Å². The second-order valence-corrected chi connectivity index (χ2v) is 5.49. The summed E-state index contributed by atoms with van der Waals surface area (Å²) in [6.07, 6.45) is 7.59. The zero-order valence-corrected chi connectivity index (χ0v) is 11.2. The SMILES string of the molecule is OC(c1cncc(-n2cccn2)c1)c1cnc(Cl)s1. The van der Waals surface area contributed by atoms with Gasteiger partial charge in [-0.25, -0.2) is 9.67 Å². The Morgan fingerprint density at radius 1 is 1.32 bits per heavy atom. The maximum atomic E-state index is 10.3. The number of hydrogen-bond donors (Lipinski definition) is 1. The van der Waals surface area contributed by atoms with Gasteiger partial charge in [-0.2, -0.15) is 5.10 Å². The minimum absolute atomic E-state index is 0.408. The second kappa shape index (κ2) is 5.08. The average molecular weight is 293 g/mol. The van der Waals surface area contributed by atoms with Gasteiger partial charge in [0.2, 0.25) is 0 Å². The molecule has 0 saturated carbocycles. The van der Waals surface area contributed by atoms with Crippen LogP contribution in [0.5, 0.6) is 0 Å². The summed E-state index contributed by atoms with van der Waals surface area (Å²) in [5.41, 5.74) is 1.46. The molecule has 3 aromatic rings. The number of pyridine rings is 1. The van der Waals surface area contributed by atoms with Crippen LogP contribution >= 0.6 is 22.9 Å². The van der Waals surface area contributed by atoms with Crippen LogP contribution in [0.1, 0.15) is 16.5 Å². The van der Waals surface area contributed by atoms with E-state index in [-0.39, 0.29) is 0 Å². The van der Waals surface area contributed by atoms with Gasteiger partial charge in [0.1, 0.15) is 6.10 Å². The Labute approximate surface area is 118 Å². The minimum atomic E-state index is -0.784. The van der Waals surface area contributed by atoms with Crippen LogP contribution in [0.25, 0.3) is 5.69 Å². The van der Waals surface area contributed by atoms with Gasteiger partial charge in [-0.15, -0.1) is 11.3 Å². The van der Waals surface area contributed by atoms with Crippen LogP contribution in [0, 0.1) is 0 Å². The third kappa shape index (κ3) is 2.51. The summed E-state index contributed by atoms with van der Waals surface area (Å²) in [7, 11) is 0. The molecule has 0 aliphatic heterocycles. The van der Waals surface area contributed by atoms with E-state index < -0.39 is 6.10 Å². The van der Waals surface area contributed by atoms with Gasteiger partial charge in [0.15, 0.2) is 4.47 Å². The highest BCUT2D eigenvalue weighted by atomic mass is 35.5. The maximum absolute atomic E-state index is 10.3. The van der Waals surface area contributed by atoms with Crippen molar-refractivity contribution in [2.45, 2.75) is 6.10 Å². The number of aliphatic hydroxyl groups is 1. The fraction of sp³-hybridized carbons (Fsp3) is 0.0833. The third-order valence-electron chi connectivity index (χ3n) is 2.59. The first-order chi connectivity index (χ1) is 9.24. The quantitative estimate of drug-likeness (QED) is 0.805. The van der Waals surface area contributed by atoms with Gasteiger partial charge in [0, 0.05) is 30.4 Å². The summed E-state index contributed by atoms with van der Waals surface area (Å²) >= 11 is 7.02. The van der Waals surface area contributed by atoms with Crippen molar-refractivity contribution in [3.63, 3.8) is 0 Å². The van der Waals surface area contributed by atoms with Crippen molar-refractivity contribution in [2.75, 3.05) is 0 Å².